The number of hydrogen-bond acceptors (Lipinski definition) is 2. The minimum absolute atomic E-state index is 0. The molecule has 0 bridgehead atoms. The van der Waals surface area contributed by atoms with E-state index >= 15 is 0 Å². The maximum absolute atomic E-state index is 9.96. The van der Waals surface area contributed by atoms with Crippen LogP contribution in [0, 0.1) is 0 Å². The van der Waals surface area contributed by atoms with Gasteiger partial charge in [-0.15, -0.1) is 0 Å². The first-order valence-corrected chi connectivity index (χ1v) is 3.81. The lowest BCUT2D eigenvalue weighted by Crippen LogP contribution is -1.76. The Morgan fingerprint density at radius 3 is 1.08 bits per heavy atom. The molecule has 0 saturated heterocycles. The fourth-order valence-electron chi connectivity index (χ4n) is 0.469. The lowest BCUT2D eigenvalue weighted by Gasteiger charge is -1.68. The van der Waals surface area contributed by atoms with Crippen molar-refractivity contribution in [1.29, 1.82) is 0 Å². The minimum Gasteiger partial charge on any atom is -0.295 e. The summed E-state index contributed by atoms with van der Waals surface area (Å²) in [5, 5.41) is 0. The Kier molecular flexibility index (Phi) is 18.4. The molecule has 13 heavy (non-hydrogen) atoms. The molecule has 76 valence electrons. The molecule has 0 amide bonds. The van der Waals surface area contributed by atoms with E-state index < -0.39 is 0 Å². The van der Waals surface area contributed by atoms with Gasteiger partial charge in [0.05, 0.1) is 0 Å². The Labute approximate surface area is 81.3 Å². The van der Waals surface area contributed by atoms with Gasteiger partial charge in [0.15, 0.2) is 11.6 Å². The van der Waals surface area contributed by atoms with Gasteiger partial charge in [-0.25, -0.2) is 0 Å². The maximum atomic E-state index is 9.96. The van der Waals surface area contributed by atoms with Gasteiger partial charge in [-0.1, -0.05) is 19.6 Å². The van der Waals surface area contributed by atoms with Crippen molar-refractivity contribution in [1.82, 2.24) is 0 Å². The monoisotopic (exact) mass is 184 g/mol. The molecule has 0 aromatic rings. The molecule has 0 aliphatic rings. The van der Waals surface area contributed by atoms with Crippen molar-refractivity contribution < 1.29 is 9.59 Å². The predicted octanol–water partition coefficient (Wildman–Crippen LogP) is 2.94. The van der Waals surface area contributed by atoms with Crippen molar-refractivity contribution in [3.63, 3.8) is 0 Å². The molecule has 0 unspecified atom stereocenters. The molecular formula is C11H20O2. The largest absolute Gasteiger partial charge is 0.295 e. The number of rotatable bonds is 2. The molecule has 0 aliphatic heterocycles. The molecule has 0 heterocycles. The van der Waals surface area contributed by atoms with E-state index in [9.17, 15) is 9.59 Å². The van der Waals surface area contributed by atoms with Crippen LogP contribution in [0.15, 0.2) is 24.3 Å². The third-order valence-corrected chi connectivity index (χ3v) is 0.803. The predicted molar refractivity (Wildman–Crippen MR) is 57.7 cm³/mol. The maximum Gasteiger partial charge on any atom is 0.152 e. The molecule has 0 fully saturated rings. The molecular weight excluding hydrogens is 164 g/mol. The van der Waals surface area contributed by atoms with E-state index in [1.807, 2.05) is 13.8 Å². The Balaban J connectivity index is -0.000000143. The molecule has 0 rings (SSSR count). The Bertz CT molecular complexity index is 166. The third-order valence-electron chi connectivity index (χ3n) is 0.803. The molecule has 2 heteroatoms. The normalized spacial score (nSPS) is 8.92. The van der Waals surface area contributed by atoms with Crippen LogP contribution in [0.25, 0.3) is 0 Å². The van der Waals surface area contributed by atoms with E-state index in [0.717, 1.165) is 0 Å². The summed E-state index contributed by atoms with van der Waals surface area (Å²) in [6.45, 7) is 6.70. The number of hydrogen-bond donors (Lipinski definition) is 0. The van der Waals surface area contributed by atoms with E-state index in [0.29, 0.717) is 0 Å². The van der Waals surface area contributed by atoms with Gasteiger partial charge in [0, 0.05) is 0 Å². The number of allylic oxidation sites excluding steroid dienone is 4. The average molecular weight is 184 g/mol. The molecule has 0 aliphatic carbocycles. The van der Waals surface area contributed by atoms with E-state index in [-0.39, 0.29) is 19.0 Å². The van der Waals surface area contributed by atoms with Crippen LogP contribution in [-0.4, -0.2) is 11.6 Å². The average Bonchev–Trinajstić information content (AvgIpc) is 1.87. The summed E-state index contributed by atoms with van der Waals surface area (Å²) in [6.07, 6.45) is 6.50. The van der Waals surface area contributed by atoms with Crippen molar-refractivity contribution in [2.45, 2.75) is 35.1 Å². The fraction of sp³-hybridized carbons (Fsp3) is 0.455. The first-order valence-electron chi connectivity index (χ1n) is 3.81. The van der Waals surface area contributed by atoms with Crippen LogP contribution in [0.1, 0.15) is 35.1 Å². The Morgan fingerprint density at radius 2 is 1.08 bits per heavy atom. The van der Waals surface area contributed by atoms with Crippen molar-refractivity contribution >= 4 is 11.6 Å². The summed E-state index contributed by atoms with van der Waals surface area (Å²) >= 11 is 0. The van der Waals surface area contributed by atoms with Gasteiger partial charge in [0.25, 0.3) is 0 Å². The first kappa shape index (κ1) is 17.8. The SMILES string of the molecule is C.C/C=C/C(C)=O.C/C=C/C(C)=O. The van der Waals surface area contributed by atoms with Gasteiger partial charge in [0.2, 0.25) is 0 Å². The van der Waals surface area contributed by atoms with Gasteiger partial charge in [-0.3, -0.25) is 9.59 Å². The van der Waals surface area contributed by atoms with Gasteiger partial charge in [-0.2, -0.15) is 0 Å². The highest BCUT2D eigenvalue weighted by Crippen LogP contribution is 1.69. The Morgan fingerprint density at radius 1 is 0.846 bits per heavy atom. The lowest BCUT2D eigenvalue weighted by atomic mass is 10.4. The summed E-state index contributed by atoms with van der Waals surface area (Å²) in [5.41, 5.74) is 0. The lowest BCUT2D eigenvalue weighted by molar-refractivity contribution is -0.113. The highest BCUT2D eigenvalue weighted by molar-refractivity contribution is 5.87. The number of ketones is 2. The van der Waals surface area contributed by atoms with E-state index in [4.69, 9.17) is 0 Å². The summed E-state index contributed by atoms with van der Waals surface area (Å²) in [4.78, 5) is 19.9. The second kappa shape index (κ2) is 13.4. The molecule has 0 spiro atoms. The molecule has 0 radical (unpaired) electrons. The van der Waals surface area contributed by atoms with Gasteiger partial charge in [-0.05, 0) is 39.8 Å². The summed E-state index contributed by atoms with van der Waals surface area (Å²) < 4.78 is 0. The molecule has 0 N–H and O–H groups in total. The highest BCUT2D eigenvalue weighted by Gasteiger charge is 1.73. The summed E-state index contributed by atoms with van der Waals surface area (Å²) in [5.74, 6) is 0.218. The van der Waals surface area contributed by atoms with Crippen LogP contribution in [0.2, 0.25) is 0 Å². The van der Waals surface area contributed by atoms with Crippen molar-refractivity contribution in [2.24, 2.45) is 0 Å². The highest BCUT2D eigenvalue weighted by atomic mass is 16.1. The summed E-state index contributed by atoms with van der Waals surface area (Å²) in [6, 6.07) is 0. The molecule has 0 aromatic carbocycles. The van der Waals surface area contributed by atoms with Crippen LogP contribution in [0.5, 0.6) is 0 Å². The van der Waals surface area contributed by atoms with Crippen LogP contribution in [-0.2, 0) is 9.59 Å². The van der Waals surface area contributed by atoms with Crippen LogP contribution in [0.3, 0.4) is 0 Å². The topological polar surface area (TPSA) is 34.1 Å². The van der Waals surface area contributed by atoms with Gasteiger partial charge < -0.3 is 0 Å². The quantitative estimate of drug-likeness (QED) is 0.618. The van der Waals surface area contributed by atoms with Gasteiger partial charge in [0.1, 0.15) is 0 Å². The summed E-state index contributed by atoms with van der Waals surface area (Å²) in [7, 11) is 0. The van der Waals surface area contributed by atoms with E-state index in [1.54, 1.807) is 12.2 Å². The van der Waals surface area contributed by atoms with Crippen LogP contribution >= 0.6 is 0 Å². The zero-order valence-corrected chi connectivity index (χ0v) is 8.13. The number of carbonyl (C=O) groups is 2. The molecule has 0 aromatic heterocycles. The number of carbonyl (C=O) groups excluding carboxylic acids is 2. The fourth-order valence-corrected chi connectivity index (χ4v) is 0.469. The third kappa shape index (κ3) is 36.2. The van der Waals surface area contributed by atoms with Crippen molar-refractivity contribution in [3.8, 4) is 0 Å². The van der Waals surface area contributed by atoms with E-state index in [1.165, 1.54) is 26.0 Å². The molecule has 0 saturated carbocycles. The molecule has 2 nitrogen and oxygen atoms in total. The second-order valence-corrected chi connectivity index (χ2v) is 2.22. The van der Waals surface area contributed by atoms with E-state index in [2.05, 4.69) is 0 Å². The van der Waals surface area contributed by atoms with Crippen LogP contribution in [0.4, 0.5) is 0 Å². The smallest absolute Gasteiger partial charge is 0.152 e. The van der Waals surface area contributed by atoms with Crippen LogP contribution < -0.4 is 0 Å². The van der Waals surface area contributed by atoms with Gasteiger partial charge >= 0.3 is 0 Å². The van der Waals surface area contributed by atoms with Crippen molar-refractivity contribution in [2.75, 3.05) is 0 Å². The second-order valence-electron chi connectivity index (χ2n) is 2.22. The zero-order valence-electron chi connectivity index (χ0n) is 8.13. The first-order chi connectivity index (χ1) is 5.54. The standard InChI is InChI=1S/2C5H8O.CH4/c2*1-3-4-5(2)6;/h2*3-4H,1-2H3;1H4/b2*4-3+;. The zero-order chi connectivity index (χ0) is 9.98. The van der Waals surface area contributed by atoms with Crippen molar-refractivity contribution in [3.05, 3.63) is 24.3 Å². The Hall–Kier alpha value is -1.18. The minimum atomic E-state index is 0. The molecule has 0 atom stereocenters.